The predicted molar refractivity (Wildman–Crippen MR) is 109 cm³/mol. The number of likely N-dealkylation sites (N-methyl/N-ethyl adjacent to an activating group) is 1. The zero-order valence-electron chi connectivity index (χ0n) is 16.1. The zero-order valence-corrected chi connectivity index (χ0v) is 16.1. The lowest BCUT2D eigenvalue weighted by Gasteiger charge is -2.30. The summed E-state index contributed by atoms with van der Waals surface area (Å²) in [5.74, 6) is -0.789. The molecule has 0 N–H and O–H groups in total. The molecule has 4 rings (SSSR count). The summed E-state index contributed by atoms with van der Waals surface area (Å²) in [6, 6.07) is 23.1. The van der Waals surface area contributed by atoms with Crippen LogP contribution in [0.4, 0.5) is 4.39 Å². The molecule has 5 heteroatoms. The molecule has 2 amide bonds. The van der Waals surface area contributed by atoms with Gasteiger partial charge in [0.05, 0.1) is 17.2 Å². The van der Waals surface area contributed by atoms with Gasteiger partial charge in [0.2, 0.25) is 0 Å². The fourth-order valence-electron chi connectivity index (χ4n) is 3.81. The van der Waals surface area contributed by atoms with E-state index in [4.69, 9.17) is 0 Å². The largest absolute Gasteiger partial charge is 0.294 e. The highest BCUT2D eigenvalue weighted by Crippen LogP contribution is 2.28. The third-order valence-corrected chi connectivity index (χ3v) is 5.30. The number of halogens is 1. The van der Waals surface area contributed by atoms with E-state index in [2.05, 4.69) is 4.90 Å². The molecule has 0 aliphatic carbocycles. The average molecular weight is 388 g/mol. The smallest absolute Gasteiger partial charge is 0.261 e. The highest BCUT2D eigenvalue weighted by Gasteiger charge is 2.35. The van der Waals surface area contributed by atoms with Gasteiger partial charge in [0.1, 0.15) is 5.82 Å². The van der Waals surface area contributed by atoms with Gasteiger partial charge in [-0.1, -0.05) is 54.6 Å². The Hall–Kier alpha value is -3.31. The van der Waals surface area contributed by atoms with Crippen molar-refractivity contribution in [3.63, 3.8) is 0 Å². The van der Waals surface area contributed by atoms with Gasteiger partial charge in [0.15, 0.2) is 0 Å². The third kappa shape index (κ3) is 3.69. The van der Waals surface area contributed by atoms with Crippen LogP contribution in [0.5, 0.6) is 0 Å². The van der Waals surface area contributed by atoms with Crippen molar-refractivity contribution in [2.45, 2.75) is 6.04 Å². The number of hydrogen-bond donors (Lipinski definition) is 0. The minimum absolute atomic E-state index is 0.119. The van der Waals surface area contributed by atoms with Gasteiger partial charge in [0, 0.05) is 13.1 Å². The van der Waals surface area contributed by atoms with E-state index < -0.39 is 0 Å². The quantitative estimate of drug-likeness (QED) is 0.596. The molecular formula is C24H21FN2O2. The van der Waals surface area contributed by atoms with E-state index in [1.54, 1.807) is 36.4 Å². The SMILES string of the molecule is CN(CCN1C(=O)c2ccccc2C1=O)C(c1ccccc1)c1ccc(F)cc1. The number of imide groups is 1. The second-order valence-corrected chi connectivity index (χ2v) is 7.15. The van der Waals surface area contributed by atoms with Crippen LogP contribution >= 0.6 is 0 Å². The Bertz CT molecular complexity index is 999. The molecular weight excluding hydrogens is 367 g/mol. The molecule has 3 aromatic rings. The van der Waals surface area contributed by atoms with Crippen LogP contribution in [0.1, 0.15) is 37.9 Å². The molecule has 0 radical (unpaired) electrons. The van der Waals surface area contributed by atoms with Gasteiger partial charge in [-0.3, -0.25) is 19.4 Å². The van der Waals surface area contributed by atoms with Gasteiger partial charge >= 0.3 is 0 Å². The van der Waals surface area contributed by atoms with Crippen molar-refractivity contribution in [1.82, 2.24) is 9.80 Å². The molecule has 1 unspecified atom stereocenters. The highest BCUT2D eigenvalue weighted by molar-refractivity contribution is 6.21. The molecule has 0 aromatic heterocycles. The maximum absolute atomic E-state index is 13.4. The fourth-order valence-corrected chi connectivity index (χ4v) is 3.81. The molecule has 4 nitrogen and oxygen atoms in total. The molecule has 0 spiro atoms. The standard InChI is InChI=1S/C24H21FN2O2/c1-26(15-16-27-23(28)20-9-5-6-10-21(20)24(27)29)22(17-7-3-2-4-8-17)18-11-13-19(25)14-12-18/h2-14,22H,15-16H2,1H3. The average Bonchev–Trinajstić information content (AvgIpc) is 2.99. The first-order chi connectivity index (χ1) is 14.1. The molecule has 1 heterocycles. The van der Waals surface area contributed by atoms with Gasteiger partial charge in [-0.15, -0.1) is 0 Å². The van der Waals surface area contributed by atoms with Crippen LogP contribution < -0.4 is 0 Å². The van der Waals surface area contributed by atoms with E-state index in [-0.39, 0.29) is 30.2 Å². The molecule has 0 fully saturated rings. The van der Waals surface area contributed by atoms with Crippen molar-refractivity contribution in [2.24, 2.45) is 0 Å². The maximum atomic E-state index is 13.4. The van der Waals surface area contributed by atoms with Gasteiger partial charge in [0.25, 0.3) is 11.8 Å². The second kappa shape index (κ2) is 7.97. The monoisotopic (exact) mass is 388 g/mol. The van der Waals surface area contributed by atoms with Gasteiger partial charge in [-0.25, -0.2) is 4.39 Å². The molecule has 0 bridgehead atoms. The Balaban J connectivity index is 1.55. The summed E-state index contributed by atoms with van der Waals surface area (Å²) in [4.78, 5) is 28.6. The minimum atomic E-state index is -0.283. The Labute approximate surface area is 169 Å². The molecule has 0 saturated heterocycles. The molecule has 3 aromatic carbocycles. The number of fused-ring (bicyclic) bond motifs is 1. The van der Waals surface area contributed by atoms with E-state index in [1.807, 2.05) is 37.4 Å². The van der Waals surface area contributed by atoms with Gasteiger partial charge in [-0.2, -0.15) is 0 Å². The Morgan fingerprint density at radius 2 is 1.31 bits per heavy atom. The molecule has 1 aliphatic heterocycles. The summed E-state index contributed by atoms with van der Waals surface area (Å²) in [6.45, 7) is 0.774. The van der Waals surface area contributed by atoms with Crippen LogP contribution in [0.2, 0.25) is 0 Å². The van der Waals surface area contributed by atoms with Crippen molar-refractivity contribution in [2.75, 3.05) is 20.1 Å². The van der Waals surface area contributed by atoms with E-state index >= 15 is 0 Å². The summed E-state index contributed by atoms with van der Waals surface area (Å²) in [6.07, 6.45) is 0. The lowest BCUT2D eigenvalue weighted by Crippen LogP contribution is -2.38. The first-order valence-corrected chi connectivity index (χ1v) is 9.52. The van der Waals surface area contributed by atoms with Crippen LogP contribution in [0.25, 0.3) is 0 Å². The number of carbonyl (C=O) groups is 2. The minimum Gasteiger partial charge on any atom is -0.294 e. The first-order valence-electron chi connectivity index (χ1n) is 9.52. The normalized spacial score (nSPS) is 14.4. The van der Waals surface area contributed by atoms with Crippen LogP contribution in [0.3, 0.4) is 0 Å². The predicted octanol–water partition coefficient (Wildman–Crippen LogP) is 4.14. The van der Waals surface area contributed by atoms with E-state index in [0.29, 0.717) is 17.7 Å². The van der Waals surface area contributed by atoms with Crippen molar-refractivity contribution in [1.29, 1.82) is 0 Å². The van der Waals surface area contributed by atoms with Crippen molar-refractivity contribution >= 4 is 11.8 Å². The van der Waals surface area contributed by atoms with Crippen molar-refractivity contribution < 1.29 is 14.0 Å². The van der Waals surface area contributed by atoms with Crippen LogP contribution in [0, 0.1) is 5.82 Å². The molecule has 0 saturated carbocycles. The second-order valence-electron chi connectivity index (χ2n) is 7.15. The van der Waals surface area contributed by atoms with Crippen molar-refractivity contribution in [3.8, 4) is 0 Å². The number of carbonyl (C=O) groups excluding carboxylic acids is 2. The van der Waals surface area contributed by atoms with E-state index in [1.165, 1.54) is 17.0 Å². The van der Waals surface area contributed by atoms with E-state index in [0.717, 1.165) is 11.1 Å². The van der Waals surface area contributed by atoms with Gasteiger partial charge in [-0.05, 0) is 42.4 Å². The summed E-state index contributed by atoms with van der Waals surface area (Å²) >= 11 is 0. The maximum Gasteiger partial charge on any atom is 0.261 e. The Morgan fingerprint density at radius 3 is 1.90 bits per heavy atom. The zero-order chi connectivity index (χ0) is 20.4. The molecule has 146 valence electrons. The highest BCUT2D eigenvalue weighted by atomic mass is 19.1. The number of hydrogen-bond acceptors (Lipinski definition) is 3. The number of nitrogens with zero attached hydrogens (tertiary/aromatic N) is 2. The summed E-state index contributed by atoms with van der Waals surface area (Å²) in [7, 11) is 1.94. The van der Waals surface area contributed by atoms with Crippen LogP contribution in [-0.4, -0.2) is 41.8 Å². The lowest BCUT2D eigenvalue weighted by molar-refractivity contribution is 0.0636. The third-order valence-electron chi connectivity index (χ3n) is 5.30. The molecule has 1 atom stereocenters. The Morgan fingerprint density at radius 1 is 0.793 bits per heavy atom. The van der Waals surface area contributed by atoms with Crippen molar-refractivity contribution in [3.05, 3.63) is 107 Å². The van der Waals surface area contributed by atoms with Gasteiger partial charge < -0.3 is 0 Å². The number of rotatable bonds is 6. The summed E-state index contributed by atoms with van der Waals surface area (Å²) < 4.78 is 13.4. The van der Waals surface area contributed by atoms with E-state index in [9.17, 15) is 14.0 Å². The molecule has 1 aliphatic rings. The molecule has 29 heavy (non-hydrogen) atoms. The van der Waals surface area contributed by atoms with Crippen LogP contribution in [0.15, 0.2) is 78.9 Å². The topological polar surface area (TPSA) is 40.6 Å². The summed E-state index contributed by atoms with van der Waals surface area (Å²) in [5, 5.41) is 0. The van der Waals surface area contributed by atoms with Crippen LogP contribution in [-0.2, 0) is 0 Å². The number of amides is 2. The number of benzene rings is 3. The first kappa shape index (κ1) is 19.0. The summed E-state index contributed by atoms with van der Waals surface area (Å²) in [5.41, 5.74) is 2.92. The Kier molecular flexibility index (Phi) is 5.23. The lowest BCUT2D eigenvalue weighted by atomic mass is 9.97. The fraction of sp³-hybridized carbons (Fsp3) is 0.167.